The number of carbonyl (C=O) groups excluding carboxylic acids is 4. The van der Waals surface area contributed by atoms with E-state index in [0.717, 1.165) is 120 Å². The average Bonchev–Trinajstić information content (AvgIpc) is 3.34. The first-order chi connectivity index (χ1) is 44.7. The highest BCUT2D eigenvalue weighted by Gasteiger charge is 2.30. The summed E-state index contributed by atoms with van der Waals surface area (Å²) in [4.78, 5) is 72.7. The van der Waals surface area contributed by atoms with Crippen LogP contribution in [0.2, 0.25) is 0 Å². The van der Waals surface area contributed by atoms with Gasteiger partial charge in [-0.25, -0.2) is 9.13 Å². The van der Waals surface area contributed by atoms with Crippen LogP contribution in [0.25, 0.3) is 0 Å². The predicted molar refractivity (Wildman–Crippen MR) is 377 cm³/mol. The number of carbonyl (C=O) groups is 4. The van der Waals surface area contributed by atoms with E-state index < -0.39 is 97.5 Å². The van der Waals surface area contributed by atoms with Crippen molar-refractivity contribution in [3.8, 4) is 0 Å². The molecule has 0 radical (unpaired) electrons. The largest absolute Gasteiger partial charge is 0.472 e. The van der Waals surface area contributed by atoms with E-state index in [1.165, 1.54) is 167 Å². The SMILES string of the molecule is CCC(C)CCCCCCCCCCCCC(=O)O[C@H](COC(=O)CCCCCCCCC(C)CC)COP(=O)(O)OC[C@H](O)COP(=O)(O)OC[C@@H](COC(=O)CCCCCCCCCCC(C)C)OC(=O)CCCCCCCCCCCCCCCCCC(C)C. The standard InChI is InChI=1S/C74H144O17P2/c1-9-66(7)52-44-36-28-21-18-19-23-31-41-49-57-74(79)91-70(61-85-72(77)55-47-39-33-32-37-45-53-67(8)10-2)63-89-93(82,83)87-59-68(75)58-86-92(80,81)88-62-69(60-84-71(76)54-46-38-29-25-24-27-35-43-51-65(5)6)90-73(78)56-48-40-30-22-17-15-13-11-12-14-16-20-26-34-42-50-64(3)4/h64-70,75H,9-63H2,1-8H3,(H,80,81)(H,82,83)/t66?,67?,68-,69-,70-/m1/s1. The van der Waals surface area contributed by atoms with Crippen molar-refractivity contribution >= 4 is 39.5 Å². The second-order valence-electron chi connectivity index (χ2n) is 28.1. The maximum Gasteiger partial charge on any atom is 0.472 e. The van der Waals surface area contributed by atoms with E-state index in [-0.39, 0.29) is 25.7 Å². The number of aliphatic hydroxyl groups is 1. The van der Waals surface area contributed by atoms with Gasteiger partial charge in [0.15, 0.2) is 12.2 Å². The number of phosphoric ester groups is 2. The van der Waals surface area contributed by atoms with Crippen LogP contribution in [-0.2, 0) is 65.4 Å². The number of aliphatic hydroxyl groups excluding tert-OH is 1. The molecule has 0 spiro atoms. The molecule has 0 aromatic carbocycles. The summed E-state index contributed by atoms with van der Waals surface area (Å²) in [6.45, 7) is 14.2. The van der Waals surface area contributed by atoms with E-state index >= 15 is 0 Å². The molecule has 0 aromatic heterocycles. The van der Waals surface area contributed by atoms with Crippen LogP contribution >= 0.6 is 15.6 Å². The van der Waals surface area contributed by atoms with Crippen LogP contribution in [0.1, 0.15) is 370 Å². The summed E-state index contributed by atoms with van der Waals surface area (Å²) in [6, 6.07) is 0. The summed E-state index contributed by atoms with van der Waals surface area (Å²) in [5.74, 6) is 0.938. The van der Waals surface area contributed by atoms with Gasteiger partial charge in [-0.05, 0) is 49.4 Å². The van der Waals surface area contributed by atoms with E-state index in [4.69, 9.17) is 37.0 Å². The highest BCUT2D eigenvalue weighted by Crippen LogP contribution is 2.45. The van der Waals surface area contributed by atoms with Gasteiger partial charge in [0, 0.05) is 25.7 Å². The summed E-state index contributed by atoms with van der Waals surface area (Å²) in [7, 11) is -9.91. The Kier molecular flexibility index (Phi) is 62.2. The molecule has 0 aromatic rings. The minimum Gasteiger partial charge on any atom is -0.462 e. The molecule has 0 amide bonds. The van der Waals surface area contributed by atoms with E-state index in [0.29, 0.717) is 25.7 Å². The van der Waals surface area contributed by atoms with Gasteiger partial charge in [-0.3, -0.25) is 37.3 Å². The van der Waals surface area contributed by atoms with Crippen LogP contribution < -0.4 is 0 Å². The summed E-state index contributed by atoms with van der Waals surface area (Å²) < 4.78 is 68.4. The van der Waals surface area contributed by atoms with E-state index in [1.807, 2.05) is 0 Å². The Labute approximate surface area is 568 Å². The fourth-order valence-electron chi connectivity index (χ4n) is 11.1. The topological polar surface area (TPSA) is 237 Å². The molecule has 0 rings (SSSR count). The van der Waals surface area contributed by atoms with Gasteiger partial charge in [0.2, 0.25) is 0 Å². The first kappa shape index (κ1) is 91.1. The van der Waals surface area contributed by atoms with Gasteiger partial charge >= 0.3 is 39.5 Å². The van der Waals surface area contributed by atoms with Gasteiger partial charge < -0.3 is 33.8 Å². The maximum absolute atomic E-state index is 13.1. The molecule has 0 saturated carbocycles. The van der Waals surface area contributed by atoms with Crippen molar-refractivity contribution in [2.45, 2.75) is 388 Å². The van der Waals surface area contributed by atoms with E-state index in [2.05, 4.69) is 55.4 Å². The van der Waals surface area contributed by atoms with Gasteiger partial charge in [0.05, 0.1) is 26.4 Å². The molecule has 0 aliphatic carbocycles. The van der Waals surface area contributed by atoms with Crippen molar-refractivity contribution in [1.82, 2.24) is 0 Å². The summed E-state index contributed by atoms with van der Waals surface area (Å²) >= 11 is 0. The summed E-state index contributed by atoms with van der Waals surface area (Å²) in [5, 5.41) is 10.6. The van der Waals surface area contributed by atoms with Crippen LogP contribution in [-0.4, -0.2) is 96.7 Å². The third-order valence-electron chi connectivity index (χ3n) is 17.8. The second kappa shape index (κ2) is 63.5. The second-order valence-corrected chi connectivity index (χ2v) is 31.0. The lowest BCUT2D eigenvalue weighted by Crippen LogP contribution is -2.30. The smallest absolute Gasteiger partial charge is 0.462 e. The van der Waals surface area contributed by atoms with Crippen LogP contribution in [0.15, 0.2) is 0 Å². The lowest BCUT2D eigenvalue weighted by atomic mass is 9.99. The van der Waals surface area contributed by atoms with Crippen LogP contribution in [0, 0.1) is 23.7 Å². The van der Waals surface area contributed by atoms with Crippen molar-refractivity contribution in [3.05, 3.63) is 0 Å². The van der Waals surface area contributed by atoms with Crippen LogP contribution in [0.3, 0.4) is 0 Å². The fourth-order valence-corrected chi connectivity index (χ4v) is 12.7. The Balaban J connectivity index is 5.24. The quantitative estimate of drug-likeness (QED) is 0.0222. The third kappa shape index (κ3) is 65.8. The van der Waals surface area contributed by atoms with Crippen molar-refractivity contribution in [1.29, 1.82) is 0 Å². The number of hydrogen-bond donors (Lipinski definition) is 3. The number of ether oxygens (including phenoxy) is 4. The monoisotopic (exact) mass is 1370 g/mol. The van der Waals surface area contributed by atoms with Crippen molar-refractivity contribution in [2.24, 2.45) is 23.7 Å². The van der Waals surface area contributed by atoms with Crippen LogP contribution in [0.5, 0.6) is 0 Å². The molecule has 0 fully saturated rings. The minimum absolute atomic E-state index is 0.105. The predicted octanol–water partition coefficient (Wildman–Crippen LogP) is 21.3. The Morgan fingerprint density at radius 2 is 0.516 bits per heavy atom. The normalized spacial score (nSPS) is 14.8. The van der Waals surface area contributed by atoms with Crippen molar-refractivity contribution < 1.29 is 80.2 Å². The maximum atomic E-state index is 13.1. The third-order valence-corrected chi connectivity index (χ3v) is 19.7. The Hall–Kier alpha value is -1.94. The fraction of sp³-hybridized carbons (Fsp3) is 0.946. The van der Waals surface area contributed by atoms with Crippen molar-refractivity contribution in [2.75, 3.05) is 39.6 Å². The number of esters is 4. The van der Waals surface area contributed by atoms with Gasteiger partial charge in [-0.2, -0.15) is 0 Å². The Bertz CT molecular complexity index is 1840. The molecule has 0 saturated heterocycles. The van der Waals surface area contributed by atoms with Crippen LogP contribution in [0.4, 0.5) is 0 Å². The molecule has 93 heavy (non-hydrogen) atoms. The molecule has 19 heteroatoms. The zero-order chi connectivity index (χ0) is 68.9. The number of rotatable bonds is 71. The van der Waals surface area contributed by atoms with E-state index in [9.17, 15) is 43.2 Å². The highest BCUT2D eigenvalue weighted by atomic mass is 31.2. The number of hydrogen-bond acceptors (Lipinski definition) is 15. The molecule has 3 N–H and O–H groups in total. The van der Waals surface area contributed by atoms with Crippen molar-refractivity contribution in [3.63, 3.8) is 0 Å². The lowest BCUT2D eigenvalue weighted by Gasteiger charge is -2.21. The molecule has 552 valence electrons. The molecule has 0 bridgehead atoms. The Morgan fingerprint density at radius 3 is 0.763 bits per heavy atom. The highest BCUT2D eigenvalue weighted by molar-refractivity contribution is 7.47. The number of phosphoric acid groups is 2. The van der Waals surface area contributed by atoms with Gasteiger partial charge in [-0.1, -0.05) is 319 Å². The van der Waals surface area contributed by atoms with Gasteiger partial charge in [0.25, 0.3) is 0 Å². The van der Waals surface area contributed by atoms with Gasteiger partial charge in [0.1, 0.15) is 19.3 Å². The zero-order valence-electron chi connectivity index (χ0n) is 60.9. The summed E-state index contributed by atoms with van der Waals surface area (Å²) in [6.07, 6.45) is 47.2. The zero-order valence-corrected chi connectivity index (χ0v) is 62.7. The first-order valence-electron chi connectivity index (χ1n) is 38.3. The minimum atomic E-state index is -4.96. The molecule has 0 aliphatic rings. The van der Waals surface area contributed by atoms with Gasteiger partial charge in [-0.15, -0.1) is 0 Å². The Morgan fingerprint density at radius 1 is 0.301 bits per heavy atom. The van der Waals surface area contributed by atoms with E-state index in [1.54, 1.807) is 0 Å². The molecular weight excluding hydrogens is 1220 g/mol. The molecule has 7 atom stereocenters. The molecule has 17 nitrogen and oxygen atoms in total. The lowest BCUT2D eigenvalue weighted by molar-refractivity contribution is -0.161. The summed E-state index contributed by atoms with van der Waals surface area (Å²) in [5.41, 5.74) is 0. The molecule has 4 unspecified atom stereocenters. The molecule has 0 aliphatic heterocycles. The average molecular weight is 1370 g/mol. The molecular formula is C74H144O17P2. The first-order valence-corrected chi connectivity index (χ1v) is 41.3. The molecule has 0 heterocycles. The number of unbranched alkanes of at least 4 members (excludes halogenated alkanes) is 35.